The molecule has 8 amide bonds. The van der Waals surface area contributed by atoms with Crippen LogP contribution in [0.4, 0.5) is 0 Å². The van der Waals surface area contributed by atoms with E-state index >= 15 is 4.79 Å². The van der Waals surface area contributed by atoms with Gasteiger partial charge in [0.15, 0.2) is 12.4 Å². The van der Waals surface area contributed by atoms with Gasteiger partial charge in [-0.05, 0) is 108 Å². The van der Waals surface area contributed by atoms with E-state index in [1.165, 1.54) is 43.6 Å². The van der Waals surface area contributed by atoms with E-state index in [0.29, 0.717) is 39.6 Å². The maximum Gasteiger partial charge on any atom is 0.341 e. The van der Waals surface area contributed by atoms with Crippen molar-refractivity contribution in [3.8, 4) is 16.9 Å². The number of Topliss-reactive ketones (excluding diaryl/α,β-unsaturated/α-hetero) is 1. The molecule has 0 bridgehead atoms. The number of H-pyrrole nitrogens is 1. The normalized spacial score (nSPS) is 13.7. The van der Waals surface area contributed by atoms with Gasteiger partial charge in [-0.1, -0.05) is 120 Å². The minimum absolute atomic E-state index is 0.00587. The number of pyridine rings is 1. The largest absolute Gasteiger partial charge is 0.482 e. The second kappa shape index (κ2) is 36.1. The van der Waals surface area contributed by atoms with Crippen LogP contribution in [0.25, 0.3) is 22.0 Å². The number of rotatable bonds is 37. The van der Waals surface area contributed by atoms with E-state index < -0.39 is 126 Å². The van der Waals surface area contributed by atoms with E-state index in [9.17, 15) is 53.1 Å². The van der Waals surface area contributed by atoms with Gasteiger partial charge in [-0.3, -0.25) is 52.9 Å². The zero-order valence-electron chi connectivity index (χ0n) is 53.6. The molecule has 0 unspecified atom stereocenters. The minimum atomic E-state index is -1.92. The molecule has 4 aromatic carbocycles. The maximum atomic E-state index is 15.1. The number of hydrogen-bond donors (Lipinski definition) is 12. The number of benzene rings is 4. The summed E-state index contributed by atoms with van der Waals surface area (Å²) in [5.41, 5.74) is 10.3. The number of ketones is 1. The summed E-state index contributed by atoms with van der Waals surface area (Å²) in [7, 11) is 0. The quantitative estimate of drug-likeness (QED) is 0.0264. The third-order valence-electron chi connectivity index (χ3n) is 15.5. The van der Waals surface area contributed by atoms with Gasteiger partial charge in [-0.25, -0.2) is 4.79 Å². The number of carboxylic acids is 2. The first-order valence-corrected chi connectivity index (χ1v) is 31.3. The lowest BCUT2D eigenvalue weighted by Crippen LogP contribution is -2.61. The average Bonchev–Trinajstić information content (AvgIpc) is 1.62. The Morgan fingerprint density at radius 3 is 1.54 bits per heavy atom. The molecule has 0 spiro atoms. The van der Waals surface area contributed by atoms with Crippen LogP contribution in [0.2, 0.25) is 0 Å². The first kappa shape index (κ1) is 72.8. The molecule has 25 nitrogen and oxygen atoms in total. The third-order valence-corrected chi connectivity index (χ3v) is 15.5. The molecule has 6 rings (SSSR count). The van der Waals surface area contributed by atoms with Crippen LogP contribution in [0.15, 0.2) is 134 Å². The van der Waals surface area contributed by atoms with Crippen molar-refractivity contribution >= 4 is 75.9 Å². The van der Waals surface area contributed by atoms with Gasteiger partial charge in [0.1, 0.15) is 48.0 Å². The van der Waals surface area contributed by atoms with Gasteiger partial charge in [-0.2, -0.15) is 0 Å². The zero-order valence-corrected chi connectivity index (χ0v) is 53.6. The molecule has 0 aliphatic heterocycles. The first-order chi connectivity index (χ1) is 44.9. The minimum Gasteiger partial charge on any atom is -0.482 e. The van der Waals surface area contributed by atoms with Crippen LogP contribution in [0.5, 0.6) is 5.75 Å². The van der Waals surface area contributed by atoms with Gasteiger partial charge in [0, 0.05) is 61.6 Å². The Morgan fingerprint density at radius 1 is 0.521 bits per heavy atom. The van der Waals surface area contributed by atoms with Gasteiger partial charge in [0.25, 0.3) is 0 Å². The monoisotopic (exact) mass is 1290 g/mol. The molecule has 2 aromatic heterocycles. The smallest absolute Gasteiger partial charge is 0.341 e. The summed E-state index contributed by atoms with van der Waals surface area (Å²) in [6, 6.07) is 22.0. The SMILES string of the molecule is CCC(=O)N[C@@H](Cc1ccncc1)C(=O)N[C@@H](Cc1ccc(OCC(=O)O)cc1)C(=O)N[C@@H](CC(=O)O)C(=O)N[C@@H](Cc1c[nH]c2ccccc12)C(=O)N[C@@H](CC(C)C)C(=O)N[C@@H](Cc1ccc(-c2ccccc2)cc1)C(=O)N[C@H](C(=O)N[C@@H](CCCN)C(C)=O)C(C)C. The van der Waals surface area contributed by atoms with Crippen molar-refractivity contribution in [3.63, 3.8) is 0 Å². The van der Waals surface area contributed by atoms with Crippen LogP contribution in [-0.2, 0) is 78.4 Å². The van der Waals surface area contributed by atoms with Crippen LogP contribution in [0, 0.1) is 11.8 Å². The third kappa shape index (κ3) is 22.8. The number of nitrogens with zero attached hydrogens (tertiary/aromatic N) is 1. The number of hydrogen-bond acceptors (Lipinski definition) is 14. The van der Waals surface area contributed by atoms with Crippen molar-refractivity contribution in [1.29, 1.82) is 0 Å². The van der Waals surface area contributed by atoms with E-state index in [-0.39, 0.29) is 68.9 Å². The second-order valence-electron chi connectivity index (χ2n) is 23.8. The van der Waals surface area contributed by atoms with Gasteiger partial charge >= 0.3 is 11.9 Å². The highest BCUT2D eigenvalue weighted by atomic mass is 16.5. The van der Waals surface area contributed by atoms with Crippen LogP contribution in [0.1, 0.15) is 95.9 Å². The molecule has 0 aliphatic rings. The Hall–Kier alpha value is -10.3. The first-order valence-electron chi connectivity index (χ1n) is 31.3. The summed E-state index contributed by atoms with van der Waals surface area (Å²) in [5.74, 6) is -10.3. The number of carbonyl (C=O) groups is 11. The Morgan fingerprint density at radius 2 is 1.00 bits per heavy atom. The lowest BCUT2D eigenvalue weighted by molar-refractivity contribution is -0.141. The van der Waals surface area contributed by atoms with Gasteiger partial charge in [-0.15, -0.1) is 0 Å². The molecule has 0 aliphatic carbocycles. The maximum absolute atomic E-state index is 15.1. The molecule has 500 valence electrons. The number of amides is 8. The number of para-hydroxylation sites is 1. The molecular formula is C69H85N11O14. The van der Waals surface area contributed by atoms with Crippen molar-refractivity contribution in [2.45, 2.75) is 148 Å². The lowest BCUT2D eigenvalue weighted by atomic mass is 9.97. The number of fused-ring (bicyclic) bond motifs is 1. The van der Waals surface area contributed by atoms with Crippen molar-refractivity contribution in [2.75, 3.05) is 13.2 Å². The summed E-state index contributed by atoms with van der Waals surface area (Å²) in [6.07, 6.45) is 3.64. The summed E-state index contributed by atoms with van der Waals surface area (Å²) >= 11 is 0. The number of carbonyl (C=O) groups excluding carboxylic acids is 9. The van der Waals surface area contributed by atoms with E-state index in [4.69, 9.17) is 15.6 Å². The van der Waals surface area contributed by atoms with Crippen molar-refractivity contribution in [3.05, 3.63) is 156 Å². The molecule has 13 N–H and O–H groups in total. The Balaban J connectivity index is 1.32. The fourth-order valence-corrected chi connectivity index (χ4v) is 10.4. The molecular weight excluding hydrogens is 1210 g/mol. The standard InChI is InChI=1S/C69H85N11O14/c1-7-59(82)73-54(35-45-27-30-71-31-28-45)64(88)76-55(34-44-21-25-49(26-22-44)94-39-61(85)86)65(89)79-58(37-60(83)84)67(91)78-57(36-48-38-72-52-17-12-11-16-50(48)52)66(90)75-53(32-40(2)3)63(87)77-56(33-43-19-23-47(24-20-43)46-14-9-8-10-15-46)68(92)80-62(41(4)5)69(93)74-51(42(6)81)18-13-29-70/h8-12,14-17,19-28,30-31,38,40-41,51,53-58,62,72H,7,13,18,29,32-37,39,70H2,1-6H3,(H,73,82)(H,74,93)(H,75,90)(H,76,88)(H,77,87)(H,78,91)(H,79,89)(H,80,92)(H,83,84)(H,85,86)/t51-,53-,54-,55-,56-,57-,58-,62-/m0/s1. The molecule has 6 aromatic rings. The number of nitrogens with one attached hydrogen (secondary N) is 9. The number of ether oxygens (including phenoxy) is 1. The highest BCUT2D eigenvalue weighted by molar-refractivity contribution is 5.99. The van der Waals surface area contributed by atoms with Gasteiger partial charge in [0.2, 0.25) is 47.3 Å². The molecule has 0 radical (unpaired) electrons. The topological polar surface area (TPSA) is 388 Å². The van der Waals surface area contributed by atoms with Crippen LogP contribution >= 0.6 is 0 Å². The number of aromatic amines is 1. The van der Waals surface area contributed by atoms with Crippen molar-refractivity contribution in [2.24, 2.45) is 17.6 Å². The Labute approximate surface area is 545 Å². The van der Waals surface area contributed by atoms with E-state index in [2.05, 4.69) is 52.5 Å². The zero-order chi connectivity index (χ0) is 68.4. The van der Waals surface area contributed by atoms with Crippen LogP contribution in [-0.4, -0.2) is 147 Å². The second-order valence-corrected chi connectivity index (χ2v) is 23.8. The Kier molecular flexibility index (Phi) is 27.9. The number of nitrogens with two attached hydrogens (primary N) is 1. The fourth-order valence-electron chi connectivity index (χ4n) is 10.4. The van der Waals surface area contributed by atoms with Crippen molar-refractivity contribution in [1.82, 2.24) is 52.5 Å². The lowest BCUT2D eigenvalue weighted by Gasteiger charge is -2.29. The average molecular weight is 1290 g/mol. The molecule has 0 saturated carbocycles. The van der Waals surface area contributed by atoms with Gasteiger partial charge in [0.05, 0.1) is 12.5 Å². The highest BCUT2D eigenvalue weighted by Crippen LogP contribution is 2.23. The molecule has 8 atom stereocenters. The summed E-state index contributed by atoms with van der Waals surface area (Å²) in [5, 5.41) is 41.7. The van der Waals surface area contributed by atoms with Crippen LogP contribution in [0.3, 0.4) is 0 Å². The molecule has 0 fully saturated rings. The predicted molar refractivity (Wildman–Crippen MR) is 350 cm³/mol. The summed E-state index contributed by atoms with van der Waals surface area (Å²) < 4.78 is 5.27. The van der Waals surface area contributed by atoms with E-state index in [1.54, 1.807) is 89.3 Å². The van der Waals surface area contributed by atoms with Gasteiger partial charge < -0.3 is 68.2 Å². The highest BCUT2D eigenvalue weighted by Gasteiger charge is 2.37. The molecule has 94 heavy (non-hydrogen) atoms. The van der Waals surface area contributed by atoms with E-state index in [1.807, 2.05) is 42.5 Å². The summed E-state index contributed by atoms with van der Waals surface area (Å²) in [6.45, 7) is 9.59. The number of aromatic nitrogens is 2. The fraction of sp³-hybridized carbons (Fsp3) is 0.391. The number of carboxylic acid groups (broad SMARTS) is 2. The van der Waals surface area contributed by atoms with Crippen LogP contribution < -0.4 is 53.0 Å². The van der Waals surface area contributed by atoms with Crippen molar-refractivity contribution < 1.29 is 67.7 Å². The predicted octanol–water partition coefficient (Wildman–Crippen LogP) is 3.76. The Bertz CT molecular complexity index is 3570. The molecule has 2 heterocycles. The number of aliphatic carboxylic acids is 2. The summed E-state index contributed by atoms with van der Waals surface area (Å²) in [4.78, 5) is 159. The van der Waals surface area contributed by atoms with E-state index in [0.717, 1.165) is 11.1 Å². The molecule has 0 saturated heterocycles. The molecule has 25 heteroatoms.